The monoisotopic (exact) mass is 468 g/mol. The van der Waals surface area contributed by atoms with Crippen molar-refractivity contribution in [3.05, 3.63) is 82.4 Å². The van der Waals surface area contributed by atoms with Crippen LogP contribution in [0.2, 0.25) is 0 Å². The molecule has 1 saturated heterocycles. The van der Waals surface area contributed by atoms with Crippen LogP contribution in [0.4, 0.5) is 11.4 Å². The minimum atomic E-state index is -1.03. The normalized spacial score (nSPS) is 19.9. The molecule has 3 aliphatic heterocycles. The number of fused-ring (bicyclic) bond motifs is 6. The van der Waals surface area contributed by atoms with Gasteiger partial charge in [-0.3, -0.25) is 0 Å². The summed E-state index contributed by atoms with van der Waals surface area (Å²) in [6.07, 6.45) is 3.50. The molecule has 0 aromatic heterocycles. The summed E-state index contributed by atoms with van der Waals surface area (Å²) >= 11 is 0. The van der Waals surface area contributed by atoms with Crippen LogP contribution in [-0.4, -0.2) is 25.6 Å². The van der Waals surface area contributed by atoms with Crippen molar-refractivity contribution in [2.24, 2.45) is 5.92 Å². The van der Waals surface area contributed by atoms with Crippen LogP contribution >= 0.6 is 0 Å². The highest BCUT2D eigenvalue weighted by Crippen LogP contribution is 2.57. The average Bonchev–Trinajstić information content (AvgIpc) is 3.48. The van der Waals surface area contributed by atoms with Gasteiger partial charge >= 0.3 is 5.97 Å². The number of esters is 1. The first-order chi connectivity index (χ1) is 17.0. The van der Waals surface area contributed by atoms with E-state index >= 15 is 0 Å². The Labute approximate surface area is 207 Å². The second-order valence-electron chi connectivity index (χ2n) is 10.4. The predicted octanol–water partition coefficient (Wildman–Crippen LogP) is 6.62. The average molecular weight is 469 g/mol. The summed E-state index contributed by atoms with van der Waals surface area (Å²) in [4.78, 5) is 15.5. The zero-order chi connectivity index (χ0) is 24.2. The molecule has 1 fully saturated rings. The van der Waals surface area contributed by atoms with Crippen LogP contribution < -0.4 is 15.0 Å². The quantitative estimate of drug-likeness (QED) is 0.427. The van der Waals surface area contributed by atoms with E-state index in [1.165, 1.54) is 12.8 Å². The van der Waals surface area contributed by atoms with E-state index in [2.05, 4.69) is 61.3 Å². The molecule has 180 valence electrons. The molecule has 6 rings (SSSR count). The molecule has 1 atom stereocenters. The molecule has 5 heteroatoms. The van der Waals surface area contributed by atoms with E-state index < -0.39 is 5.60 Å². The van der Waals surface area contributed by atoms with Gasteiger partial charge in [0.15, 0.2) is 5.60 Å². The van der Waals surface area contributed by atoms with Crippen LogP contribution in [0, 0.1) is 12.8 Å². The molecule has 1 unspecified atom stereocenters. The van der Waals surface area contributed by atoms with E-state index in [0.29, 0.717) is 11.5 Å². The molecule has 35 heavy (non-hydrogen) atoms. The Hall–Kier alpha value is -3.47. The van der Waals surface area contributed by atoms with Crippen molar-refractivity contribution >= 4 is 17.3 Å². The van der Waals surface area contributed by atoms with Crippen LogP contribution in [0.5, 0.6) is 11.5 Å². The third-order valence-corrected chi connectivity index (χ3v) is 7.55. The summed E-state index contributed by atoms with van der Waals surface area (Å²) < 4.78 is 12.9. The summed E-state index contributed by atoms with van der Waals surface area (Å²) in [6, 6.07) is 18.3. The number of anilines is 2. The maximum atomic E-state index is 13.1. The molecule has 3 aliphatic rings. The van der Waals surface area contributed by atoms with Gasteiger partial charge in [-0.05, 0) is 68.0 Å². The van der Waals surface area contributed by atoms with Crippen molar-refractivity contribution in [3.63, 3.8) is 0 Å². The number of carbonyl (C=O) groups excluding carboxylic acids is 1. The Kier molecular flexibility index (Phi) is 5.24. The lowest BCUT2D eigenvalue weighted by Gasteiger charge is -2.37. The van der Waals surface area contributed by atoms with Crippen LogP contribution in [0.25, 0.3) is 0 Å². The second kappa shape index (κ2) is 8.33. The number of nitrogens with zero attached hydrogens (tertiary/aromatic N) is 1. The summed E-state index contributed by atoms with van der Waals surface area (Å²) in [5, 5.41) is 3.60. The first-order valence-corrected chi connectivity index (χ1v) is 12.8. The Morgan fingerprint density at radius 2 is 1.74 bits per heavy atom. The number of hydrogen-bond acceptors (Lipinski definition) is 5. The molecular formula is C30H32N2O3. The highest BCUT2D eigenvalue weighted by molar-refractivity contribution is 5.97. The standard InChI is InChI=1S/C30H32N2O3/c1-19(2)12-13-31-26-18-25-27(16-20(26)3)34-28-17-21(32-14-6-7-15-32)10-11-24(28)30(25)23-9-5-4-8-22(23)29(33)35-30/h4-5,8-11,16-19,31H,6-7,12-15H2,1-3H3. The molecule has 5 nitrogen and oxygen atoms in total. The summed E-state index contributed by atoms with van der Waals surface area (Å²) in [7, 11) is 0. The van der Waals surface area contributed by atoms with E-state index in [0.717, 1.165) is 71.2 Å². The molecule has 0 bridgehead atoms. The number of ether oxygens (including phenoxy) is 2. The zero-order valence-electron chi connectivity index (χ0n) is 20.7. The number of carbonyl (C=O) groups is 1. The summed E-state index contributed by atoms with van der Waals surface area (Å²) in [5.74, 6) is 1.83. The predicted molar refractivity (Wildman–Crippen MR) is 139 cm³/mol. The smallest absolute Gasteiger partial charge is 0.340 e. The van der Waals surface area contributed by atoms with Crippen molar-refractivity contribution in [2.75, 3.05) is 29.9 Å². The Balaban J connectivity index is 1.53. The first-order valence-electron chi connectivity index (χ1n) is 12.8. The fourth-order valence-electron chi connectivity index (χ4n) is 5.67. The van der Waals surface area contributed by atoms with Crippen LogP contribution in [0.15, 0.2) is 54.6 Å². The zero-order valence-corrected chi connectivity index (χ0v) is 20.7. The van der Waals surface area contributed by atoms with Crippen molar-refractivity contribution in [1.29, 1.82) is 0 Å². The highest BCUT2D eigenvalue weighted by atomic mass is 16.6. The Morgan fingerprint density at radius 3 is 2.54 bits per heavy atom. The lowest BCUT2D eigenvalue weighted by molar-refractivity contribution is 0.0224. The molecular weight excluding hydrogens is 436 g/mol. The first kappa shape index (κ1) is 22.0. The van der Waals surface area contributed by atoms with Gasteiger partial charge in [-0.15, -0.1) is 0 Å². The summed E-state index contributed by atoms with van der Waals surface area (Å²) in [5.41, 5.74) is 5.53. The minimum Gasteiger partial charge on any atom is -0.456 e. The van der Waals surface area contributed by atoms with E-state index in [4.69, 9.17) is 9.47 Å². The maximum Gasteiger partial charge on any atom is 0.340 e. The molecule has 0 aliphatic carbocycles. The Bertz CT molecular complexity index is 1310. The van der Waals surface area contributed by atoms with Crippen LogP contribution in [0.3, 0.4) is 0 Å². The highest BCUT2D eigenvalue weighted by Gasteiger charge is 2.53. The van der Waals surface area contributed by atoms with Crippen LogP contribution in [-0.2, 0) is 10.3 Å². The topological polar surface area (TPSA) is 50.8 Å². The molecule has 1 N–H and O–H groups in total. The number of aryl methyl sites for hydroxylation is 1. The molecule has 0 radical (unpaired) electrons. The van der Waals surface area contributed by atoms with Crippen molar-refractivity contribution in [2.45, 2.75) is 45.6 Å². The van der Waals surface area contributed by atoms with Crippen LogP contribution in [0.1, 0.15) is 65.7 Å². The number of hydrogen-bond donors (Lipinski definition) is 1. The number of benzene rings is 3. The van der Waals surface area contributed by atoms with Gasteiger partial charge in [0.2, 0.25) is 0 Å². The third kappa shape index (κ3) is 3.48. The van der Waals surface area contributed by atoms with E-state index in [9.17, 15) is 4.79 Å². The van der Waals surface area contributed by atoms with E-state index in [1.54, 1.807) is 0 Å². The lowest BCUT2D eigenvalue weighted by Crippen LogP contribution is -2.33. The van der Waals surface area contributed by atoms with Gasteiger partial charge in [0.25, 0.3) is 0 Å². The molecule has 3 heterocycles. The SMILES string of the molecule is Cc1cc2c(cc1NCCC(C)C)C1(OC(=O)c3ccccc31)c1ccc(N3CCCC3)cc1O2. The third-order valence-electron chi connectivity index (χ3n) is 7.55. The minimum absolute atomic E-state index is 0.294. The van der Waals surface area contributed by atoms with Gasteiger partial charge in [0.05, 0.1) is 5.56 Å². The van der Waals surface area contributed by atoms with Crippen molar-refractivity contribution < 1.29 is 14.3 Å². The fraction of sp³-hybridized carbons (Fsp3) is 0.367. The number of rotatable bonds is 5. The molecule has 3 aromatic carbocycles. The van der Waals surface area contributed by atoms with Gasteiger partial charge in [-0.25, -0.2) is 4.79 Å². The largest absolute Gasteiger partial charge is 0.456 e. The van der Waals surface area contributed by atoms with Gasteiger partial charge in [-0.1, -0.05) is 32.0 Å². The second-order valence-corrected chi connectivity index (χ2v) is 10.4. The van der Waals surface area contributed by atoms with E-state index in [1.807, 2.05) is 24.3 Å². The van der Waals surface area contributed by atoms with Gasteiger partial charge in [-0.2, -0.15) is 0 Å². The maximum absolute atomic E-state index is 13.1. The van der Waals surface area contributed by atoms with Crippen molar-refractivity contribution in [1.82, 2.24) is 0 Å². The van der Waals surface area contributed by atoms with E-state index in [-0.39, 0.29) is 5.97 Å². The lowest BCUT2D eigenvalue weighted by atomic mass is 9.77. The van der Waals surface area contributed by atoms with Crippen molar-refractivity contribution in [3.8, 4) is 11.5 Å². The fourth-order valence-corrected chi connectivity index (χ4v) is 5.67. The number of nitrogens with one attached hydrogen (secondary N) is 1. The Morgan fingerprint density at radius 1 is 0.971 bits per heavy atom. The molecule has 0 saturated carbocycles. The van der Waals surface area contributed by atoms with Gasteiger partial charge in [0, 0.05) is 53.8 Å². The summed E-state index contributed by atoms with van der Waals surface area (Å²) in [6.45, 7) is 9.56. The van der Waals surface area contributed by atoms with Gasteiger partial charge < -0.3 is 19.7 Å². The molecule has 3 aromatic rings. The molecule has 1 spiro atoms. The molecule has 0 amide bonds. The van der Waals surface area contributed by atoms with Gasteiger partial charge in [0.1, 0.15) is 11.5 Å².